The molecular weight excluding hydrogens is 306 g/mol. The summed E-state index contributed by atoms with van der Waals surface area (Å²) in [5.41, 5.74) is 6.73. The van der Waals surface area contributed by atoms with E-state index in [4.69, 9.17) is 15.2 Å². The molecule has 3 nitrogen and oxygen atoms in total. The fourth-order valence-electron chi connectivity index (χ4n) is 1.72. The van der Waals surface area contributed by atoms with Crippen LogP contribution in [0.15, 0.2) is 46.9 Å². The van der Waals surface area contributed by atoms with Gasteiger partial charge in [-0.1, -0.05) is 6.07 Å². The molecule has 0 saturated carbocycles. The Kier molecular flexibility index (Phi) is 4.82. The second kappa shape index (κ2) is 6.59. The van der Waals surface area contributed by atoms with Crippen molar-refractivity contribution in [2.75, 3.05) is 13.7 Å². The molecule has 0 amide bonds. The van der Waals surface area contributed by atoms with Gasteiger partial charge in [-0.2, -0.15) is 0 Å². The van der Waals surface area contributed by atoms with Crippen molar-refractivity contribution in [2.45, 2.75) is 6.42 Å². The van der Waals surface area contributed by atoms with Crippen molar-refractivity contribution in [2.24, 2.45) is 5.73 Å². The van der Waals surface area contributed by atoms with Gasteiger partial charge in [-0.05, 0) is 70.9 Å². The number of benzene rings is 2. The highest BCUT2D eigenvalue weighted by Gasteiger charge is 2.04. The van der Waals surface area contributed by atoms with Gasteiger partial charge in [-0.15, -0.1) is 0 Å². The molecule has 0 spiro atoms. The number of rotatable bonds is 5. The Bertz CT molecular complexity index is 540. The highest BCUT2D eigenvalue weighted by Crippen LogP contribution is 2.31. The third-order valence-electron chi connectivity index (χ3n) is 2.72. The van der Waals surface area contributed by atoms with E-state index in [1.807, 2.05) is 42.5 Å². The summed E-state index contributed by atoms with van der Waals surface area (Å²) in [4.78, 5) is 0. The maximum absolute atomic E-state index is 5.81. The number of nitrogens with two attached hydrogens (primary N) is 1. The molecular formula is C15H16BrNO2. The van der Waals surface area contributed by atoms with Gasteiger partial charge in [0.25, 0.3) is 0 Å². The molecule has 2 N–H and O–H groups in total. The first kappa shape index (κ1) is 13.9. The van der Waals surface area contributed by atoms with Gasteiger partial charge in [0, 0.05) is 0 Å². The van der Waals surface area contributed by atoms with Gasteiger partial charge in [0.15, 0.2) is 0 Å². The monoisotopic (exact) mass is 321 g/mol. The maximum Gasteiger partial charge on any atom is 0.141 e. The normalized spacial score (nSPS) is 10.3. The van der Waals surface area contributed by atoms with Crippen LogP contribution < -0.4 is 15.2 Å². The minimum Gasteiger partial charge on any atom is -0.497 e. The van der Waals surface area contributed by atoms with E-state index >= 15 is 0 Å². The molecule has 0 saturated heterocycles. The van der Waals surface area contributed by atoms with Crippen molar-refractivity contribution >= 4 is 15.9 Å². The van der Waals surface area contributed by atoms with Gasteiger partial charge < -0.3 is 15.2 Å². The quantitative estimate of drug-likeness (QED) is 0.912. The fraction of sp³-hybridized carbons (Fsp3) is 0.200. The van der Waals surface area contributed by atoms with Crippen LogP contribution in [-0.2, 0) is 6.42 Å². The Hall–Kier alpha value is -1.52. The minimum absolute atomic E-state index is 0.644. The van der Waals surface area contributed by atoms with E-state index in [2.05, 4.69) is 15.9 Å². The van der Waals surface area contributed by atoms with E-state index in [1.54, 1.807) is 7.11 Å². The SMILES string of the molecule is COc1ccc(Oc2ccc(CCN)cc2Br)cc1. The van der Waals surface area contributed by atoms with Crippen LogP contribution in [0.1, 0.15) is 5.56 Å². The minimum atomic E-state index is 0.644. The Balaban J connectivity index is 2.13. The third-order valence-corrected chi connectivity index (χ3v) is 3.34. The van der Waals surface area contributed by atoms with Gasteiger partial charge in [-0.25, -0.2) is 0 Å². The van der Waals surface area contributed by atoms with Crippen LogP contribution in [0, 0.1) is 0 Å². The molecule has 0 unspecified atom stereocenters. The largest absolute Gasteiger partial charge is 0.497 e. The van der Waals surface area contributed by atoms with Crippen LogP contribution in [0.4, 0.5) is 0 Å². The number of methoxy groups -OCH3 is 1. The van der Waals surface area contributed by atoms with Crippen molar-refractivity contribution < 1.29 is 9.47 Å². The average molecular weight is 322 g/mol. The molecule has 100 valence electrons. The fourth-order valence-corrected chi connectivity index (χ4v) is 2.23. The molecule has 4 heteroatoms. The molecule has 0 aliphatic carbocycles. The van der Waals surface area contributed by atoms with E-state index in [1.165, 1.54) is 5.56 Å². The molecule has 0 aliphatic heterocycles. The number of halogens is 1. The summed E-state index contributed by atoms with van der Waals surface area (Å²) in [5, 5.41) is 0. The first-order chi connectivity index (χ1) is 9.22. The zero-order chi connectivity index (χ0) is 13.7. The van der Waals surface area contributed by atoms with Crippen molar-refractivity contribution in [3.63, 3.8) is 0 Å². The highest BCUT2D eigenvalue weighted by atomic mass is 79.9. The molecule has 19 heavy (non-hydrogen) atoms. The number of hydrogen-bond donors (Lipinski definition) is 1. The van der Waals surface area contributed by atoms with Crippen LogP contribution in [0.5, 0.6) is 17.2 Å². The number of ether oxygens (including phenoxy) is 2. The lowest BCUT2D eigenvalue weighted by Gasteiger charge is -2.09. The van der Waals surface area contributed by atoms with Crippen molar-refractivity contribution in [1.82, 2.24) is 0 Å². The maximum atomic E-state index is 5.81. The zero-order valence-electron chi connectivity index (χ0n) is 10.7. The zero-order valence-corrected chi connectivity index (χ0v) is 12.3. The lowest BCUT2D eigenvalue weighted by molar-refractivity contribution is 0.412. The van der Waals surface area contributed by atoms with Gasteiger partial charge in [0.1, 0.15) is 17.2 Å². The third kappa shape index (κ3) is 3.72. The molecule has 2 aromatic rings. The van der Waals surface area contributed by atoms with Gasteiger partial charge in [-0.3, -0.25) is 0 Å². The lowest BCUT2D eigenvalue weighted by Crippen LogP contribution is -2.02. The average Bonchev–Trinajstić information content (AvgIpc) is 2.43. The summed E-state index contributed by atoms with van der Waals surface area (Å²) < 4.78 is 11.8. The Morgan fingerprint density at radius 3 is 2.32 bits per heavy atom. The summed E-state index contributed by atoms with van der Waals surface area (Å²) in [7, 11) is 1.64. The van der Waals surface area contributed by atoms with Crippen LogP contribution in [-0.4, -0.2) is 13.7 Å². The van der Waals surface area contributed by atoms with E-state index in [0.29, 0.717) is 6.54 Å². The predicted molar refractivity (Wildman–Crippen MR) is 80.0 cm³/mol. The molecule has 2 rings (SSSR count). The second-order valence-electron chi connectivity index (χ2n) is 4.08. The van der Waals surface area contributed by atoms with Crippen molar-refractivity contribution in [1.29, 1.82) is 0 Å². The van der Waals surface area contributed by atoms with Crippen LogP contribution in [0.3, 0.4) is 0 Å². The Morgan fingerprint density at radius 2 is 1.74 bits per heavy atom. The van der Waals surface area contributed by atoms with Crippen molar-refractivity contribution in [3.05, 3.63) is 52.5 Å². The summed E-state index contributed by atoms with van der Waals surface area (Å²) in [5.74, 6) is 2.36. The van der Waals surface area contributed by atoms with Crippen molar-refractivity contribution in [3.8, 4) is 17.2 Å². The summed E-state index contributed by atoms with van der Waals surface area (Å²) >= 11 is 3.51. The lowest BCUT2D eigenvalue weighted by atomic mass is 10.1. The van der Waals surface area contributed by atoms with Crippen LogP contribution in [0.2, 0.25) is 0 Å². The first-order valence-electron chi connectivity index (χ1n) is 6.03. The Morgan fingerprint density at radius 1 is 1.05 bits per heavy atom. The standard InChI is InChI=1S/C15H16BrNO2/c1-18-12-3-5-13(6-4-12)19-15-7-2-11(8-9-17)10-14(15)16/h2-7,10H,8-9,17H2,1H3. The summed E-state index contributed by atoms with van der Waals surface area (Å²) in [6.07, 6.45) is 0.863. The first-order valence-corrected chi connectivity index (χ1v) is 6.82. The molecule has 0 radical (unpaired) electrons. The van der Waals surface area contributed by atoms with E-state index < -0.39 is 0 Å². The smallest absolute Gasteiger partial charge is 0.141 e. The molecule has 2 aromatic carbocycles. The van der Waals surface area contributed by atoms with Gasteiger partial charge >= 0.3 is 0 Å². The second-order valence-corrected chi connectivity index (χ2v) is 4.94. The highest BCUT2D eigenvalue weighted by molar-refractivity contribution is 9.10. The van der Waals surface area contributed by atoms with Crippen LogP contribution >= 0.6 is 15.9 Å². The summed E-state index contributed by atoms with van der Waals surface area (Å²) in [6.45, 7) is 0.644. The topological polar surface area (TPSA) is 44.5 Å². The molecule has 0 aliphatic rings. The molecule has 0 fully saturated rings. The molecule has 0 aromatic heterocycles. The van der Waals surface area contributed by atoms with Gasteiger partial charge in [0.2, 0.25) is 0 Å². The molecule has 0 bridgehead atoms. The molecule has 0 atom stereocenters. The van der Waals surface area contributed by atoms with Crippen LogP contribution in [0.25, 0.3) is 0 Å². The van der Waals surface area contributed by atoms with E-state index in [9.17, 15) is 0 Å². The predicted octanol–water partition coefficient (Wildman–Crippen LogP) is 3.75. The summed E-state index contributed by atoms with van der Waals surface area (Å²) in [6, 6.07) is 13.5. The van der Waals surface area contributed by atoms with Gasteiger partial charge in [0.05, 0.1) is 11.6 Å². The van der Waals surface area contributed by atoms with E-state index in [0.717, 1.165) is 28.1 Å². The number of hydrogen-bond acceptors (Lipinski definition) is 3. The Labute approximate surface area is 121 Å². The molecule has 0 heterocycles. The van der Waals surface area contributed by atoms with E-state index in [-0.39, 0.29) is 0 Å².